The summed E-state index contributed by atoms with van der Waals surface area (Å²) in [4.78, 5) is 29.2. The molecule has 6 heteroatoms. The summed E-state index contributed by atoms with van der Waals surface area (Å²) in [5.74, 6) is 0.842. The molecule has 3 unspecified atom stereocenters. The van der Waals surface area contributed by atoms with Gasteiger partial charge in [-0.2, -0.15) is 0 Å². The van der Waals surface area contributed by atoms with Gasteiger partial charge >= 0.3 is 5.97 Å². The standard InChI is InChI=1S/C19H22N2O3S/c1-11-7-15(12(2)21(11)19-20-5-6-25-19)17(22)10-24-18(23)16-9-13-3-4-14(16)8-13/h5-7,13-14,16H,3-4,8-10H2,1-2H3. The highest BCUT2D eigenvalue weighted by Gasteiger charge is 2.44. The maximum absolute atomic E-state index is 12.6. The molecule has 25 heavy (non-hydrogen) atoms. The van der Waals surface area contributed by atoms with Gasteiger partial charge in [-0.25, -0.2) is 4.98 Å². The third kappa shape index (κ3) is 2.92. The maximum atomic E-state index is 12.6. The van der Waals surface area contributed by atoms with Crippen LogP contribution in [0.15, 0.2) is 17.6 Å². The molecule has 0 saturated heterocycles. The van der Waals surface area contributed by atoms with E-state index >= 15 is 0 Å². The van der Waals surface area contributed by atoms with Crippen molar-refractivity contribution in [3.8, 4) is 5.13 Å². The molecular weight excluding hydrogens is 336 g/mol. The maximum Gasteiger partial charge on any atom is 0.309 e. The quantitative estimate of drug-likeness (QED) is 0.604. The molecular formula is C19H22N2O3S. The molecule has 4 rings (SSSR count). The van der Waals surface area contributed by atoms with Crippen molar-refractivity contribution in [2.45, 2.75) is 39.5 Å². The van der Waals surface area contributed by atoms with Gasteiger partial charge in [0.2, 0.25) is 5.78 Å². The Kier molecular flexibility index (Phi) is 4.23. The molecule has 0 amide bonds. The summed E-state index contributed by atoms with van der Waals surface area (Å²) in [7, 11) is 0. The first kappa shape index (κ1) is 16.5. The van der Waals surface area contributed by atoms with E-state index in [9.17, 15) is 9.59 Å². The molecule has 2 fully saturated rings. The van der Waals surface area contributed by atoms with Crippen molar-refractivity contribution in [1.29, 1.82) is 0 Å². The highest BCUT2D eigenvalue weighted by atomic mass is 32.1. The van der Waals surface area contributed by atoms with Crippen LogP contribution < -0.4 is 0 Å². The lowest BCUT2D eigenvalue weighted by molar-refractivity contribution is -0.149. The first-order valence-electron chi connectivity index (χ1n) is 8.83. The van der Waals surface area contributed by atoms with Crippen LogP contribution in [0.2, 0.25) is 0 Å². The van der Waals surface area contributed by atoms with Crippen LogP contribution in [0, 0.1) is 31.6 Å². The monoisotopic (exact) mass is 358 g/mol. The van der Waals surface area contributed by atoms with Gasteiger partial charge in [0.15, 0.2) is 11.7 Å². The number of carbonyl (C=O) groups excluding carboxylic acids is 2. The number of rotatable bonds is 5. The number of aromatic nitrogens is 2. The zero-order chi connectivity index (χ0) is 17.6. The molecule has 2 aromatic rings. The third-order valence-electron chi connectivity index (χ3n) is 5.73. The van der Waals surface area contributed by atoms with Crippen LogP contribution in [0.4, 0.5) is 0 Å². The minimum absolute atomic E-state index is 0.00861. The summed E-state index contributed by atoms with van der Waals surface area (Å²) in [6.07, 6.45) is 6.22. The number of hydrogen-bond acceptors (Lipinski definition) is 5. The van der Waals surface area contributed by atoms with Crippen LogP contribution in [-0.4, -0.2) is 27.9 Å². The van der Waals surface area contributed by atoms with E-state index in [1.165, 1.54) is 17.8 Å². The Bertz CT molecular complexity index is 809. The van der Waals surface area contributed by atoms with Crippen molar-refractivity contribution in [2.75, 3.05) is 6.61 Å². The van der Waals surface area contributed by atoms with Gasteiger partial charge < -0.3 is 4.74 Å². The minimum Gasteiger partial charge on any atom is -0.457 e. The third-order valence-corrected chi connectivity index (χ3v) is 6.49. The number of aryl methyl sites for hydroxylation is 1. The Morgan fingerprint density at radius 1 is 1.32 bits per heavy atom. The first-order chi connectivity index (χ1) is 12.0. The predicted molar refractivity (Wildman–Crippen MR) is 95.1 cm³/mol. The summed E-state index contributed by atoms with van der Waals surface area (Å²) < 4.78 is 7.35. The van der Waals surface area contributed by atoms with E-state index < -0.39 is 0 Å². The average molecular weight is 358 g/mol. The number of ketones is 1. The molecule has 0 aliphatic heterocycles. The van der Waals surface area contributed by atoms with Gasteiger partial charge in [-0.05, 0) is 51.0 Å². The second kappa shape index (κ2) is 6.41. The molecule has 132 valence electrons. The number of ether oxygens (including phenoxy) is 1. The van der Waals surface area contributed by atoms with Crippen LogP contribution in [0.1, 0.15) is 47.4 Å². The molecule has 0 aromatic carbocycles. The average Bonchev–Trinajstić information content (AvgIpc) is 3.36. The Balaban J connectivity index is 1.43. The van der Waals surface area contributed by atoms with Crippen molar-refractivity contribution in [3.63, 3.8) is 0 Å². The van der Waals surface area contributed by atoms with Crippen LogP contribution in [0.25, 0.3) is 5.13 Å². The van der Waals surface area contributed by atoms with Gasteiger partial charge in [-0.1, -0.05) is 6.42 Å². The van der Waals surface area contributed by atoms with E-state index in [1.54, 1.807) is 6.20 Å². The number of fused-ring (bicyclic) bond motifs is 2. The number of carbonyl (C=O) groups is 2. The molecule has 2 aliphatic carbocycles. The van der Waals surface area contributed by atoms with Gasteiger partial charge in [-0.3, -0.25) is 14.2 Å². The lowest BCUT2D eigenvalue weighted by atomic mass is 9.89. The summed E-state index contributed by atoms with van der Waals surface area (Å²) in [6.45, 7) is 3.68. The zero-order valence-electron chi connectivity index (χ0n) is 14.5. The van der Waals surface area contributed by atoms with Gasteiger partial charge in [-0.15, -0.1) is 11.3 Å². The van der Waals surface area contributed by atoms with Crippen molar-refractivity contribution in [1.82, 2.24) is 9.55 Å². The Hall–Kier alpha value is -1.95. The second-order valence-corrected chi connectivity index (χ2v) is 8.12. The van der Waals surface area contributed by atoms with E-state index in [0.29, 0.717) is 17.4 Å². The van der Waals surface area contributed by atoms with Gasteiger partial charge in [0.25, 0.3) is 0 Å². The molecule has 3 atom stereocenters. The number of thiazole rings is 1. The number of Topliss-reactive ketones (excluding diaryl/α,β-unsaturated/α-hetero) is 1. The lowest BCUT2D eigenvalue weighted by Gasteiger charge is -2.19. The van der Waals surface area contributed by atoms with Crippen molar-refractivity contribution in [3.05, 3.63) is 34.6 Å². The van der Waals surface area contributed by atoms with Gasteiger partial charge in [0.1, 0.15) is 0 Å². The normalized spacial score (nSPS) is 24.6. The van der Waals surface area contributed by atoms with Crippen LogP contribution >= 0.6 is 11.3 Å². The highest BCUT2D eigenvalue weighted by molar-refractivity contribution is 7.12. The van der Waals surface area contributed by atoms with Crippen LogP contribution in [0.5, 0.6) is 0 Å². The smallest absolute Gasteiger partial charge is 0.309 e. The van der Waals surface area contributed by atoms with Crippen molar-refractivity contribution < 1.29 is 14.3 Å². The van der Waals surface area contributed by atoms with E-state index in [0.717, 1.165) is 35.8 Å². The van der Waals surface area contributed by atoms with E-state index in [-0.39, 0.29) is 24.3 Å². The second-order valence-electron chi connectivity index (χ2n) is 7.25. The van der Waals surface area contributed by atoms with Gasteiger partial charge in [0, 0.05) is 28.5 Å². The van der Waals surface area contributed by atoms with Crippen molar-refractivity contribution in [2.24, 2.45) is 17.8 Å². The Morgan fingerprint density at radius 2 is 2.16 bits per heavy atom. The van der Waals surface area contributed by atoms with Crippen molar-refractivity contribution >= 4 is 23.1 Å². The molecule has 5 nitrogen and oxygen atoms in total. The summed E-state index contributed by atoms with van der Waals surface area (Å²) >= 11 is 1.53. The Morgan fingerprint density at radius 3 is 2.80 bits per heavy atom. The number of hydrogen-bond donors (Lipinski definition) is 0. The molecule has 2 saturated carbocycles. The van der Waals surface area contributed by atoms with Crippen LogP contribution in [0.3, 0.4) is 0 Å². The zero-order valence-corrected chi connectivity index (χ0v) is 15.3. The number of nitrogens with zero attached hydrogens (tertiary/aromatic N) is 2. The SMILES string of the molecule is Cc1cc(C(=O)COC(=O)C2CC3CCC2C3)c(C)n1-c1nccs1. The molecule has 0 spiro atoms. The topological polar surface area (TPSA) is 61.2 Å². The molecule has 2 aromatic heterocycles. The largest absolute Gasteiger partial charge is 0.457 e. The molecule has 2 heterocycles. The fourth-order valence-electron chi connectivity index (χ4n) is 4.52. The first-order valence-corrected chi connectivity index (χ1v) is 9.71. The molecule has 0 radical (unpaired) electrons. The summed E-state index contributed by atoms with van der Waals surface area (Å²) in [5.41, 5.74) is 2.40. The molecule has 2 bridgehead atoms. The lowest BCUT2D eigenvalue weighted by Crippen LogP contribution is -2.25. The van der Waals surface area contributed by atoms with E-state index in [4.69, 9.17) is 4.74 Å². The Labute approximate surface area is 151 Å². The van der Waals surface area contributed by atoms with Gasteiger partial charge in [0.05, 0.1) is 5.92 Å². The fraction of sp³-hybridized carbons (Fsp3) is 0.526. The number of esters is 1. The highest BCUT2D eigenvalue weighted by Crippen LogP contribution is 2.48. The van der Waals surface area contributed by atoms with Crippen LogP contribution in [-0.2, 0) is 9.53 Å². The summed E-state index contributed by atoms with van der Waals surface area (Å²) in [5, 5.41) is 2.75. The minimum atomic E-state index is -0.186. The fourth-order valence-corrected chi connectivity index (χ4v) is 5.27. The molecule has 2 aliphatic rings. The summed E-state index contributed by atoms with van der Waals surface area (Å²) in [6, 6.07) is 1.85. The predicted octanol–water partition coefficient (Wildman–Crippen LogP) is 3.71. The van der Waals surface area contributed by atoms with E-state index in [2.05, 4.69) is 4.98 Å². The molecule has 0 N–H and O–H groups in total. The van der Waals surface area contributed by atoms with E-state index in [1.807, 2.05) is 29.9 Å².